The van der Waals surface area contributed by atoms with E-state index >= 15 is 0 Å². The molecule has 0 aromatic heterocycles. The van der Waals surface area contributed by atoms with Gasteiger partial charge in [-0.05, 0) is 41.0 Å². The molecule has 2 aromatic rings. The quantitative estimate of drug-likeness (QED) is 0.802. The Bertz CT molecular complexity index is 844. The fourth-order valence-corrected chi connectivity index (χ4v) is 4.45. The number of carbonyl (C=O) groups excluding carboxylic acids is 1. The zero-order valence-electron chi connectivity index (χ0n) is 16.0. The van der Waals surface area contributed by atoms with Gasteiger partial charge in [0.2, 0.25) is 0 Å². The van der Waals surface area contributed by atoms with E-state index in [-0.39, 0.29) is 30.9 Å². The molecular formula is C23H25NO4. The van der Waals surface area contributed by atoms with E-state index in [1.807, 2.05) is 24.3 Å². The summed E-state index contributed by atoms with van der Waals surface area (Å²) in [6.07, 6.45) is 2.56. The largest absolute Gasteiger partial charge is 0.481 e. The first-order valence-corrected chi connectivity index (χ1v) is 9.86. The van der Waals surface area contributed by atoms with Crippen LogP contribution in [0.2, 0.25) is 0 Å². The summed E-state index contributed by atoms with van der Waals surface area (Å²) in [4.78, 5) is 25.4. The number of amides is 1. The molecule has 1 saturated carbocycles. The molecule has 0 radical (unpaired) electrons. The minimum atomic E-state index is -0.879. The summed E-state index contributed by atoms with van der Waals surface area (Å²) in [6.45, 7) is 0.252. The van der Waals surface area contributed by atoms with Crippen molar-refractivity contribution in [2.24, 2.45) is 5.92 Å². The van der Waals surface area contributed by atoms with Crippen LogP contribution >= 0.6 is 0 Å². The average Bonchev–Trinajstić information content (AvgIpc) is 2.97. The Morgan fingerprint density at radius 1 is 1.07 bits per heavy atom. The molecule has 0 bridgehead atoms. The van der Waals surface area contributed by atoms with Gasteiger partial charge in [0.15, 0.2) is 0 Å². The van der Waals surface area contributed by atoms with Crippen LogP contribution in [-0.2, 0) is 9.53 Å². The van der Waals surface area contributed by atoms with Gasteiger partial charge in [0.1, 0.15) is 6.61 Å². The third kappa shape index (κ3) is 3.37. The molecule has 1 N–H and O–H groups in total. The maximum atomic E-state index is 12.7. The minimum Gasteiger partial charge on any atom is -0.481 e. The van der Waals surface area contributed by atoms with Crippen molar-refractivity contribution >= 4 is 12.1 Å². The maximum Gasteiger partial charge on any atom is 0.409 e. The van der Waals surface area contributed by atoms with Gasteiger partial charge >= 0.3 is 12.1 Å². The van der Waals surface area contributed by atoms with Crippen LogP contribution < -0.4 is 0 Å². The van der Waals surface area contributed by atoms with Crippen molar-refractivity contribution in [2.45, 2.75) is 37.6 Å². The molecule has 28 heavy (non-hydrogen) atoms. The Hall–Kier alpha value is -2.82. The highest BCUT2D eigenvalue weighted by Crippen LogP contribution is 2.44. The van der Waals surface area contributed by atoms with Crippen molar-refractivity contribution in [3.05, 3.63) is 59.7 Å². The molecule has 5 heteroatoms. The van der Waals surface area contributed by atoms with Gasteiger partial charge in [-0.25, -0.2) is 4.79 Å². The molecule has 1 amide bonds. The molecule has 0 unspecified atom stereocenters. The lowest BCUT2D eigenvalue weighted by atomic mass is 9.78. The SMILES string of the molecule is CN(C(=O)OCC1c2ccccc2-c2ccccc21)[C@@H](CC(=O)O)C1CCC1. The van der Waals surface area contributed by atoms with Crippen LogP contribution in [0.25, 0.3) is 11.1 Å². The fraction of sp³-hybridized carbons (Fsp3) is 0.391. The first-order valence-electron chi connectivity index (χ1n) is 9.86. The van der Waals surface area contributed by atoms with Crippen LogP contribution in [0.1, 0.15) is 42.7 Å². The maximum absolute atomic E-state index is 12.7. The van der Waals surface area contributed by atoms with Crippen LogP contribution in [0.5, 0.6) is 0 Å². The third-order valence-corrected chi connectivity index (χ3v) is 6.20. The molecule has 5 nitrogen and oxygen atoms in total. The molecule has 0 saturated heterocycles. The minimum absolute atomic E-state index is 0.00590. The molecule has 1 fully saturated rings. The normalized spacial score (nSPS) is 16.6. The summed E-state index contributed by atoms with van der Waals surface area (Å²) in [5.41, 5.74) is 4.71. The molecular weight excluding hydrogens is 354 g/mol. The Morgan fingerprint density at radius 3 is 2.14 bits per heavy atom. The molecule has 2 aromatic carbocycles. The van der Waals surface area contributed by atoms with Crippen molar-refractivity contribution in [2.75, 3.05) is 13.7 Å². The molecule has 2 aliphatic carbocycles. The van der Waals surface area contributed by atoms with E-state index in [1.165, 1.54) is 27.2 Å². The van der Waals surface area contributed by atoms with Crippen molar-refractivity contribution in [3.8, 4) is 11.1 Å². The fourth-order valence-electron chi connectivity index (χ4n) is 4.45. The predicted octanol–water partition coefficient (Wildman–Crippen LogP) is 4.51. The second kappa shape index (κ2) is 7.66. The van der Waals surface area contributed by atoms with Crippen LogP contribution in [0.15, 0.2) is 48.5 Å². The van der Waals surface area contributed by atoms with Crippen LogP contribution in [0, 0.1) is 5.92 Å². The third-order valence-electron chi connectivity index (χ3n) is 6.20. The number of hydrogen-bond acceptors (Lipinski definition) is 3. The number of carboxylic acids is 1. The van der Waals surface area contributed by atoms with Gasteiger partial charge < -0.3 is 14.7 Å². The van der Waals surface area contributed by atoms with E-state index in [0.29, 0.717) is 0 Å². The Balaban J connectivity index is 1.48. The number of aliphatic carboxylic acids is 1. The van der Waals surface area contributed by atoms with Gasteiger partial charge in [-0.15, -0.1) is 0 Å². The standard InChI is InChI=1S/C23H25NO4/c1-24(21(13-22(25)26)15-7-6-8-15)23(27)28-14-20-18-11-4-2-9-16(18)17-10-3-5-12-19(17)20/h2-5,9-12,15,20-21H,6-8,13-14H2,1H3,(H,25,26)/t21-/m0/s1. The number of hydrogen-bond donors (Lipinski definition) is 1. The Kier molecular flexibility index (Phi) is 5.07. The molecule has 0 spiro atoms. The first kappa shape index (κ1) is 18.5. The molecule has 0 aliphatic heterocycles. The van der Waals surface area contributed by atoms with Gasteiger partial charge in [-0.3, -0.25) is 4.79 Å². The molecule has 4 rings (SSSR count). The number of carbonyl (C=O) groups is 2. The highest BCUT2D eigenvalue weighted by Gasteiger charge is 2.35. The van der Waals surface area contributed by atoms with Crippen LogP contribution in [0.3, 0.4) is 0 Å². The van der Waals surface area contributed by atoms with E-state index in [2.05, 4.69) is 24.3 Å². The molecule has 2 aliphatic rings. The van der Waals surface area contributed by atoms with E-state index in [1.54, 1.807) is 7.05 Å². The zero-order valence-corrected chi connectivity index (χ0v) is 16.0. The van der Waals surface area contributed by atoms with Gasteiger partial charge in [0, 0.05) is 19.0 Å². The van der Waals surface area contributed by atoms with E-state index in [4.69, 9.17) is 4.74 Å². The van der Waals surface area contributed by atoms with Crippen LogP contribution in [-0.4, -0.2) is 41.8 Å². The summed E-state index contributed by atoms with van der Waals surface area (Å²) >= 11 is 0. The van der Waals surface area contributed by atoms with Gasteiger partial charge in [0.25, 0.3) is 0 Å². The lowest BCUT2D eigenvalue weighted by molar-refractivity contribution is -0.139. The predicted molar refractivity (Wildman–Crippen MR) is 106 cm³/mol. The second-order valence-electron chi connectivity index (χ2n) is 7.77. The van der Waals surface area contributed by atoms with E-state index in [0.717, 1.165) is 19.3 Å². The van der Waals surface area contributed by atoms with Crippen molar-refractivity contribution in [3.63, 3.8) is 0 Å². The number of rotatable bonds is 6. The number of carboxylic acid groups (broad SMARTS) is 1. The average molecular weight is 379 g/mol. The first-order chi connectivity index (χ1) is 13.6. The summed E-state index contributed by atoms with van der Waals surface area (Å²) in [5.74, 6) is -0.622. The van der Waals surface area contributed by atoms with Crippen molar-refractivity contribution in [1.82, 2.24) is 4.90 Å². The number of benzene rings is 2. The smallest absolute Gasteiger partial charge is 0.409 e. The van der Waals surface area contributed by atoms with Gasteiger partial charge in [-0.2, -0.15) is 0 Å². The summed E-state index contributed by atoms with van der Waals surface area (Å²) in [6, 6.07) is 16.1. The van der Waals surface area contributed by atoms with E-state index in [9.17, 15) is 14.7 Å². The Labute approximate surface area is 164 Å². The van der Waals surface area contributed by atoms with E-state index < -0.39 is 12.1 Å². The molecule has 1 atom stereocenters. The highest BCUT2D eigenvalue weighted by atomic mass is 16.6. The molecule has 146 valence electrons. The lowest BCUT2D eigenvalue weighted by Crippen LogP contribution is -2.45. The van der Waals surface area contributed by atoms with Gasteiger partial charge in [-0.1, -0.05) is 55.0 Å². The summed E-state index contributed by atoms with van der Waals surface area (Å²) in [5, 5.41) is 9.23. The monoisotopic (exact) mass is 379 g/mol. The van der Waals surface area contributed by atoms with Crippen molar-refractivity contribution in [1.29, 1.82) is 0 Å². The second-order valence-corrected chi connectivity index (χ2v) is 7.77. The number of nitrogens with zero attached hydrogens (tertiary/aromatic N) is 1. The van der Waals surface area contributed by atoms with Crippen LogP contribution in [0.4, 0.5) is 4.79 Å². The topological polar surface area (TPSA) is 66.8 Å². The highest BCUT2D eigenvalue weighted by molar-refractivity contribution is 5.79. The molecule has 0 heterocycles. The zero-order chi connectivity index (χ0) is 19.7. The van der Waals surface area contributed by atoms with Crippen molar-refractivity contribution < 1.29 is 19.4 Å². The number of ether oxygens (including phenoxy) is 1. The lowest BCUT2D eigenvalue weighted by Gasteiger charge is -2.38. The van der Waals surface area contributed by atoms with Gasteiger partial charge in [0.05, 0.1) is 6.42 Å². The Morgan fingerprint density at radius 2 is 1.64 bits per heavy atom. The number of fused-ring (bicyclic) bond motifs is 3. The summed E-state index contributed by atoms with van der Waals surface area (Å²) in [7, 11) is 1.66. The summed E-state index contributed by atoms with van der Waals surface area (Å²) < 4.78 is 5.68.